The number of aryl methyl sites for hydroxylation is 1. The van der Waals surface area contributed by atoms with Crippen LogP contribution in [-0.2, 0) is 29.5 Å². The van der Waals surface area contributed by atoms with Crippen LogP contribution in [0.3, 0.4) is 0 Å². The number of allylic oxidation sites excluding steroid dienone is 3. The van der Waals surface area contributed by atoms with E-state index in [1.807, 2.05) is 44.2 Å². The largest absolute Gasteiger partial charge is 0.493 e. The summed E-state index contributed by atoms with van der Waals surface area (Å²) in [6.07, 6.45) is 9.28. The maximum Gasteiger partial charge on any atom is 0.306 e. The van der Waals surface area contributed by atoms with E-state index in [-0.39, 0.29) is 22.6 Å². The highest BCUT2D eigenvalue weighted by atomic mass is 32.2. The molecule has 1 aliphatic carbocycles. The third kappa shape index (κ3) is 7.76. The molecule has 1 aliphatic heterocycles. The van der Waals surface area contributed by atoms with Gasteiger partial charge in [-0.1, -0.05) is 43.4 Å². The Kier molecular flexibility index (Phi) is 9.41. The average Bonchev–Trinajstić information content (AvgIpc) is 2.88. The van der Waals surface area contributed by atoms with E-state index in [4.69, 9.17) is 18.9 Å². The van der Waals surface area contributed by atoms with Gasteiger partial charge in [0.2, 0.25) is 0 Å². The fraction of sp³-hybridized carbons (Fsp3) is 0.469. The first-order valence-electron chi connectivity index (χ1n) is 13.8. The predicted octanol–water partition coefficient (Wildman–Crippen LogP) is 5.46. The molecular formula is C32H40O7S. The summed E-state index contributed by atoms with van der Waals surface area (Å²) >= 11 is 0. The molecule has 1 unspecified atom stereocenters. The molecule has 2 aromatic carbocycles. The molecule has 4 rings (SSSR count). The van der Waals surface area contributed by atoms with Crippen LogP contribution in [0.2, 0.25) is 0 Å². The van der Waals surface area contributed by atoms with E-state index in [1.165, 1.54) is 11.8 Å². The van der Waals surface area contributed by atoms with Gasteiger partial charge in [-0.2, -0.15) is 0 Å². The zero-order valence-electron chi connectivity index (χ0n) is 23.9. The van der Waals surface area contributed by atoms with Crippen molar-refractivity contribution in [2.24, 2.45) is 5.41 Å². The minimum Gasteiger partial charge on any atom is -0.493 e. The van der Waals surface area contributed by atoms with Crippen molar-refractivity contribution in [3.63, 3.8) is 0 Å². The van der Waals surface area contributed by atoms with E-state index in [1.54, 1.807) is 0 Å². The lowest BCUT2D eigenvalue weighted by Gasteiger charge is -2.41. The van der Waals surface area contributed by atoms with Gasteiger partial charge in [-0.15, -0.1) is 0 Å². The Morgan fingerprint density at radius 3 is 2.45 bits per heavy atom. The molecule has 1 heterocycles. The number of carbonyl (C=O) groups is 1. The van der Waals surface area contributed by atoms with Gasteiger partial charge in [0, 0.05) is 11.7 Å². The maximum absolute atomic E-state index is 12.1. The van der Waals surface area contributed by atoms with E-state index in [0.29, 0.717) is 45.9 Å². The fourth-order valence-corrected chi connectivity index (χ4v) is 5.76. The summed E-state index contributed by atoms with van der Waals surface area (Å²) in [5.74, 6) is 1.48. The summed E-state index contributed by atoms with van der Waals surface area (Å²) < 4.78 is 45.3. The van der Waals surface area contributed by atoms with E-state index >= 15 is 0 Å². The van der Waals surface area contributed by atoms with Gasteiger partial charge in [0.15, 0.2) is 0 Å². The van der Waals surface area contributed by atoms with E-state index in [0.717, 1.165) is 34.6 Å². The van der Waals surface area contributed by atoms with Crippen molar-refractivity contribution in [2.75, 3.05) is 45.0 Å². The zero-order chi connectivity index (χ0) is 28.8. The summed E-state index contributed by atoms with van der Waals surface area (Å²) in [6.45, 7) is 8.31. The van der Waals surface area contributed by atoms with Crippen LogP contribution < -0.4 is 9.47 Å². The number of esters is 1. The summed E-state index contributed by atoms with van der Waals surface area (Å²) in [6, 6.07) is 14.1. The average molecular weight is 569 g/mol. The summed E-state index contributed by atoms with van der Waals surface area (Å²) in [4.78, 5) is 12.1. The molecule has 1 fully saturated rings. The second-order valence-corrected chi connectivity index (χ2v) is 13.5. The Bertz CT molecular complexity index is 1350. The Labute approximate surface area is 238 Å². The van der Waals surface area contributed by atoms with Crippen molar-refractivity contribution >= 4 is 21.4 Å². The number of carbonyl (C=O) groups excluding carboxylic acids is 1. The number of hydrogen-bond acceptors (Lipinski definition) is 7. The van der Waals surface area contributed by atoms with Gasteiger partial charge in [0.25, 0.3) is 0 Å². The van der Waals surface area contributed by atoms with E-state index < -0.39 is 9.84 Å². The lowest BCUT2D eigenvalue weighted by atomic mass is 9.76. The summed E-state index contributed by atoms with van der Waals surface area (Å²) in [5, 5.41) is 0. The molecule has 0 radical (unpaired) electrons. The summed E-state index contributed by atoms with van der Waals surface area (Å²) in [7, 11) is -2.98. The molecule has 2 aromatic rings. The van der Waals surface area contributed by atoms with Crippen LogP contribution in [0.1, 0.15) is 49.8 Å². The number of hydrogen-bond donors (Lipinski definition) is 0. The van der Waals surface area contributed by atoms with Gasteiger partial charge < -0.3 is 18.9 Å². The molecule has 1 saturated heterocycles. The third-order valence-corrected chi connectivity index (χ3v) is 8.46. The number of sulfone groups is 1. The van der Waals surface area contributed by atoms with Crippen molar-refractivity contribution in [3.05, 3.63) is 77.4 Å². The van der Waals surface area contributed by atoms with E-state index in [9.17, 15) is 13.2 Å². The molecule has 7 nitrogen and oxygen atoms in total. The molecule has 0 aromatic heterocycles. The molecule has 8 heteroatoms. The molecule has 1 atom stereocenters. The van der Waals surface area contributed by atoms with Gasteiger partial charge in [-0.3, -0.25) is 4.79 Å². The van der Waals surface area contributed by atoms with Crippen molar-refractivity contribution in [1.82, 2.24) is 0 Å². The van der Waals surface area contributed by atoms with Crippen LogP contribution in [0.15, 0.2) is 60.7 Å². The molecule has 40 heavy (non-hydrogen) atoms. The van der Waals surface area contributed by atoms with E-state index in [2.05, 4.69) is 37.3 Å². The van der Waals surface area contributed by atoms with Crippen molar-refractivity contribution in [1.29, 1.82) is 0 Å². The topological polar surface area (TPSA) is 88.1 Å². The maximum atomic E-state index is 12.1. The first-order chi connectivity index (χ1) is 19.0. The highest BCUT2D eigenvalue weighted by Crippen LogP contribution is 2.39. The van der Waals surface area contributed by atoms with Crippen molar-refractivity contribution in [3.8, 4) is 11.5 Å². The Hall–Kier alpha value is -3.10. The second-order valence-electron chi connectivity index (χ2n) is 11.3. The normalized spacial score (nSPS) is 19.9. The van der Waals surface area contributed by atoms with Crippen LogP contribution in [0.25, 0.3) is 5.57 Å². The smallest absolute Gasteiger partial charge is 0.306 e. The lowest BCUT2D eigenvalue weighted by Crippen LogP contribution is -2.48. The third-order valence-electron chi connectivity index (χ3n) is 7.43. The SMILES string of the molecule is CCOC(=O)CC1(c2ccc(OCC3(C)C=CC=C(c4ccc(OCCCS(C)(=O)=O)c(C)c4)C3)cc2)COC1. The molecule has 0 N–H and O–H groups in total. The van der Waals surface area contributed by atoms with Crippen LogP contribution in [0.4, 0.5) is 0 Å². The molecule has 0 spiro atoms. The Morgan fingerprint density at radius 1 is 1.07 bits per heavy atom. The van der Waals surface area contributed by atoms with Gasteiger partial charge in [0.1, 0.15) is 21.3 Å². The van der Waals surface area contributed by atoms with Gasteiger partial charge in [-0.25, -0.2) is 8.42 Å². The number of ether oxygens (including phenoxy) is 4. The second kappa shape index (κ2) is 12.6. The Morgan fingerprint density at radius 2 is 1.82 bits per heavy atom. The van der Waals surface area contributed by atoms with Gasteiger partial charge in [-0.05, 0) is 73.2 Å². The lowest BCUT2D eigenvalue weighted by molar-refractivity contribution is -0.151. The van der Waals surface area contributed by atoms with Crippen molar-refractivity contribution < 1.29 is 32.2 Å². The van der Waals surface area contributed by atoms with Gasteiger partial charge in [0.05, 0.1) is 50.6 Å². The molecule has 2 aliphatic rings. The minimum atomic E-state index is -2.98. The van der Waals surface area contributed by atoms with Crippen LogP contribution in [-0.4, -0.2) is 59.4 Å². The highest BCUT2D eigenvalue weighted by Gasteiger charge is 2.42. The van der Waals surface area contributed by atoms with Crippen LogP contribution >= 0.6 is 0 Å². The quantitative estimate of drug-likeness (QED) is 0.234. The predicted molar refractivity (Wildman–Crippen MR) is 157 cm³/mol. The molecule has 216 valence electrons. The first-order valence-corrected chi connectivity index (χ1v) is 15.8. The first kappa shape index (κ1) is 29.9. The van der Waals surface area contributed by atoms with Crippen LogP contribution in [0, 0.1) is 12.3 Å². The highest BCUT2D eigenvalue weighted by molar-refractivity contribution is 7.90. The van der Waals surface area contributed by atoms with Crippen molar-refractivity contribution in [2.45, 2.75) is 45.4 Å². The van der Waals surface area contributed by atoms with Gasteiger partial charge >= 0.3 is 5.97 Å². The standard InChI is InChI=1S/C32H40O7S/c1-5-37-30(33)20-32(22-36-23-32)27-10-12-28(13-11-27)39-21-31(3)15-6-8-26(19-31)25-9-14-29(24(2)18-25)38-16-7-17-40(4,34)35/h6,8-15,18H,5,7,16-17,19-23H2,1-4H3. The number of benzene rings is 2. The van der Waals surface area contributed by atoms with Crippen LogP contribution in [0.5, 0.6) is 11.5 Å². The fourth-order valence-electron chi connectivity index (χ4n) is 5.12. The minimum absolute atomic E-state index is 0.124. The molecule has 0 bridgehead atoms. The monoisotopic (exact) mass is 568 g/mol. The molecular weight excluding hydrogens is 528 g/mol. The molecule has 0 amide bonds. The zero-order valence-corrected chi connectivity index (χ0v) is 24.7. The summed E-state index contributed by atoms with van der Waals surface area (Å²) in [5.41, 5.74) is 3.94. The number of rotatable bonds is 13. The Balaban J connectivity index is 1.33. The molecule has 0 saturated carbocycles.